The van der Waals surface area contributed by atoms with Crippen LogP contribution in [0.4, 0.5) is 0 Å². The molecule has 7 heteroatoms. The second-order valence-electron chi connectivity index (χ2n) is 8.07. The summed E-state index contributed by atoms with van der Waals surface area (Å²) in [6.07, 6.45) is 2.63. The van der Waals surface area contributed by atoms with Gasteiger partial charge in [0.2, 0.25) is 5.60 Å². The van der Waals surface area contributed by atoms with Crippen LogP contribution in [-0.4, -0.2) is 29.9 Å². The number of carbonyl (C=O) groups excluding carboxylic acids is 1. The summed E-state index contributed by atoms with van der Waals surface area (Å²) in [6, 6.07) is 16.7. The Morgan fingerprint density at radius 1 is 0.941 bits per heavy atom. The fourth-order valence-corrected chi connectivity index (χ4v) is 3.13. The van der Waals surface area contributed by atoms with Crippen LogP contribution >= 0.6 is 0 Å². The first-order valence-corrected chi connectivity index (χ1v) is 11.7. The molecule has 182 valence electrons. The maximum atomic E-state index is 12.2. The SMILES string of the molecule is CCCCOc1ccc(-c2cc(COc3ccc(OC(C)(CC)C(=O)OCC)cc3)on2)cc1. The summed E-state index contributed by atoms with van der Waals surface area (Å²) < 4.78 is 28.0. The highest BCUT2D eigenvalue weighted by atomic mass is 16.6. The Hall–Kier alpha value is -3.48. The fraction of sp³-hybridized carbons (Fsp3) is 0.407. The topological polar surface area (TPSA) is 80.0 Å². The van der Waals surface area contributed by atoms with Gasteiger partial charge in [-0.05, 0) is 75.2 Å². The molecular formula is C27H33NO6. The lowest BCUT2D eigenvalue weighted by atomic mass is 10.0. The second-order valence-corrected chi connectivity index (χ2v) is 8.07. The summed E-state index contributed by atoms with van der Waals surface area (Å²) in [5.41, 5.74) is 0.647. The van der Waals surface area contributed by atoms with E-state index in [-0.39, 0.29) is 12.6 Å². The lowest BCUT2D eigenvalue weighted by Crippen LogP contribution is -2.42. The maximum absolute atomic E-state index is 12.2. The van der Waals surface area contributed by atoms with Crippen LogP contribution in [0.1, 0.15) is 52.7 Å². The van der Waals surface area contributed by atoms with Gasteiger partial charge in [0.05, 0.1) is 13.2 Å². The fourth-order valence-electron chi connectivity index (χ4n) is 3.13. The molecule has 0 fully saturated rings. The van der Waals surface area contributed by atoms with Crippen molar-refractivity contribution in [1.29, 1.82) is 0 Å². The predicted molar refractivity (Wildman–Crippen MR) is 129 cm³/mol. The molecule has 0 bridgehead atoms. The molecule has 1 heterocycles. The van der Waals surface area contributed by atoms with E-state index in [2.05, 4.69) is 12.1 Å². The van der Waals surface area contributed by atoms with Gasteiger partial charge in [-0.2, -0.15) is 0 Å². The normalized spacial score (nSPS) is 12.6. The summed E-state index contributed by atoms with van der Waals surface area (Å²) >= 11 is 0. The summed E-state index contributed by atoms with van der Waals surface area (Å²) in [6.45, 7) is 8.79. The molecule has 0 saturated heterocycles. The van der Waals surface area contributed by atoms with Crippen LogP contribution in [0.25, 0.3) is 11.3 Å². The molecule has 0 saturated carbocycles. The smallest absolute Gasteiger partial charge is 0.350 e. The minimum atomic E-state index is -1.03. The number of hydrogen-bond acceptors (Lipinski definition) is 7. The number of esters is 1. The zero-order valence-electron chi connectivity index (χ0n) is 20.3. The quantitative estimate of drug-likeness (QED) is 0.218. The van der Waals surface area contributed by atoms with Gasteiger partial charge < -0.3 is 23.5 Å². The summed E-state index contributed by atoms with van der Waals surface area (Å²) in [5.74, 6) is 2.29. The first-order chi connectivity index (χ1) is 16.5. The highest BCUT2D eigenvalue weighted by Crippen LogP contribution is 2.26. The molecule has 1 atom stereocenters. The van der Waals surface area contributed by atoms with Crippen LogP contribution in [0.3, 0.4) is 0 Å². The van der Waals surface area contributed by atoms with E-state index in [0.717, 1.165) is 36.5 Å². The van der Waals surface area contributed by atoms with Crippen LogP contribution in [-0.2, 0) is 16.1 Å². The van der Waals surface area contributed by atoms with Crippen molar-refractivity contribution in [3.05, 3.63) is 60.4 Å². The Kier molecular flexibility index (Phi) is 8.96. The average molecular weight is 468 g/mol. The van der Waals surface area contributed by atoms with Gasteiger partial charge >= 0.3 is 5.97 Å². The van der Waals surface area contributed by atoms with Crippen LogP contribution < -0.4 is 14.2 Å². The first kappa shape index (κ1) is 25.1. The van der Waals surface area contributed by atoms with E-state index in [1.807, 2.05) is 37.3 Å². The number of rotatable bonds is 13. The van der Waals surface area contributed by atoms with Crippen LogP contribution in [0.5, 0.6) is 17.2 Å². The number of ether oxygens (including phenoxy) is 4. The van der Waals surface area contributed by atoms with Crippen molar-refractivity contribution >= 4 is 5.97 Å². The van der Waals surface area contributed by atoms with Crippen molar-refractivity contribution in [2.75, 3.05) is 13.2 Å². The minimum Gasteiger partial charge on any atom is -0.494 e. The van der Waals surface area contributed by atoms with Gasteiger partial charge in [-0.25, -0.2) is 4.79 Å². The number of unbranched alkanes of at least 4 members (excludes halogenated alkanes) is 1. The van der Waals surface area contributed by atoms with E-state index in [0.29, 0.717) is 30.3 Å². The summed E-state index contributed by atoms with van der Waals surface area (Å²) in [7, 11) is 0. The summed E-state index contributed by atoms with van der Waals surface area (Å²) in [4.78, 5) is 12.2. The molecule has 3 rings (SSSR count). The third kappa shape index (κ3) is 6.76. The van der Waals surface area contributed by atoms with Gasteiger partial charge in [-0.15, -0.1) is 0 Å². The van der Waals surface area contributed by atoms with E-state index in [4.69, 9.17) is 23.5 Å². The molecule has 0 aliphatic rings. The van der Waals surface area contributed by atoms with Crippen molar-refractivity contribution in [2.45, 2.75) is 59.2 Å². The molecule has 0 N–H and O–H groups in total. The largest absolute Gasteiger partial charge is 0.494 e. The molecule has 1 aromatic heterocycles. The van der Waals surface area contributed by atoms with E-state index in [1.165, 1.54) is 0 Å². The molecule has 2 aromatic carbocycles. The van der Waals surface area contributed by atoms with Crippen molar-refractivity contribution in [1.82, 2.24) is 5.16 Å². The van der Waals surface area contributed by atoms with Crippen LogP contribution in [0, 0.1) is 0 Å². The van der Waals surface area contributed by atoms with E-state index in [1.54, 1.807) is 38.1 Å². The molecule has 34 heavy (non-hydrogen) atoms. The van der Waals surface area contributed by atoms with Gasteiger partial charge in [-0.3, -0.25) is 0 Å². The van der Waals surface area contributed by atoms with Crippen molar-refractivity contribution in [3.8, 4) is 28.5 Å². The third-order valence-corrected chi connectivity index (χ3v) is 5.41. The Bertz CT molecular complexity index is 1030. The van der Waals surface area contributed by atoms with Gasteiger partial charge in [-0.1, -0.05) is 25.4 Å². The predicted octanol–water partition coefficient (Wildman–Crippen LogP) is 6.21. The highest BCUT2D eigenvalue weighted by molar-refractivity contribution is 5.79. The third-order valence-electron chi connectivity index (χ3n) is 5.41. The molecule has 0 aliphatic heterocycles. The standard InChI is InChI=1S/C27H33NO6/c1-5-8-17-31-21-11-9-20(10-12-21)25-18-24(34-28-25)19-32-22-13-15-23(16-14-22)33-27(4,6-2)26(29)30-7-3/h9-16,18H,5-8,17,19H2,1-4H3. The second kappa shape index (κ2) is 12.1. The summed E-state index contributed by atoms with van der Waals surface area (Å²) in [5, 5.41) is 4.14. The number of aromatic nitrogens is 1. The maximum Gasteiger partial charge on any atom is 0.350 e. The van der Waals surface area contributed by atoms with E-state index < -0.39 is 5.60 Å². The lowest BCUT2D eigenvalue weighted by molar-refractivity contribution is -0.160. The molecule has 0 aliphatic carbocycles. The monoisotopic (exact) mass is 467 g/mol. The molecular weight excluding hydrogens is 434 g/mol. The van der Waals surface area contributed by atoms with Crippen molar-refractivity contribution in [3.63, 3.8) is 0 Å². The molecule has 1 unspecified atom stereocenters. The van der Waals surface area contributed by atoms with Crippen molar-refractivity contribution in [2.24, 2.45) is 0 Å². The van der Waals surface area contributed by atoms with E-state index >= 15 is 0 Å². The van der Waals surface area contributed by atoms with Crippen LogP contribution in [0.15, 0.2) is 59.1 Å². The minimum absolute atomic E-state index is 0.237. The Morgan fingerprint density at radius 2 is 1.59 bits per heavy atom. The number of nitrogens with zero attached hydrogens (tertiary/aromatic N) is 1. The Balaban J connectivity index is 1.54. The van der Waals surface area contributed by atoms with Gasteiger partial charge in [0.15, 0.2) is 5.76 Å². The van der Waals surface area contributed by atoms with Gasteiger partial charge in [0.25, 0.3) is 0 Å². The molecule has 0 amide bonds. The zero-order valence-corrected chi connectivity index (χ0v) is 20.3. The Morgan fingerprint density at radius 3 is 2.24 bits per heavy atom. The zero-order chi connectivity index (χ0) is 24.4. The molecule has 7 nitrogen and oxygen atoms in total. The Labute approximate surface area is 201 Å². The molecule has 0 radical (unpaired) electrons. The van der Waals surface area contributed by atoms with Crippen molar-refractivity contribution < 1.29 is 28.3 Å². The average Bonchev–Trinajstić information content (AvgIpc) is 3.33. The van der Waals surface area contributed by atoms with Gasteiger partial charge in [0.1, 0.15) is 29.5 Å². The molecule has 0 spiro atoms. The number of benzene rings is 2. The van der Waals surface area contributed by atoms with Gasteiger partial charge in [0, 0.05) is 11.6 Å². The highest BCUT2D eigenvalue weighted by Gasteiger charge is 2.35. The first-order valence-electron chi connectivity index (χ1n) is 11.7. The number of carbonyl (C=O) groups is 1. The van der Waals surface area contributed by atoms with Crippen LogP contribution in [0.2, 0.25) is 0 Å². The van der Waals surface area contributed by atoms with E-state index in [9.17, 15) is 4.79 Å². The lowest BCUT2D eigenvalue weighted by Gasteiger charge is -2.27. The molecule has 3 aromatic rings. The number of hydrogen-bond donors (Lipinski definition) is 0.